The first-order valence-corrected chi connectivity index (χ1v) is 8.66. The van der Waals surface area contributed by atoms with Gasteiger partial charge < -0.3 is 15.1 Å². The standard InChI is InChI=1S/C18H28N4O2/c1-4-21(5-2)17(23)14-20-9-11-22(12-10-20)18(24)19-16-8-6-7-15(3)13-16/h6-8,13H,4-5,9-12,14H2,1-3H3,(H,19,24). The molecule has 0 radical (unpaired) electrons. The van der Waals surface area contributed by atoms with Crippen LogP contribution in [0.15, 0.2) is 24.3 Å². The number of nitrogens with one attached hydrogen (secondary N) is 1. The number of amides is 3. The van der Waals surface area contributed by atoms with Crippen molar-refractivity contribution in [1.82, 2.24) is 14.7 Å². The average molecular weight is 332 g/mol. The summed E-state index contributed by atoms with van der Waals surface area (Å²) in [5.41, 5.74) is 1.94. The van der Waals surface area contributed by atoms with Crippen molar-refractivity contribution in [2.24, 2.45) is 0 Å². The van der Waals surface area contributed by atoms with Crippen molar-refractivity contribution in [3.8, 4) is 0 Å². The largest absolute Gasteiger partial charge is 0.342 e. The molecule has 0 saturated carbocycles. The van der Waals surface area contributed by atoms with Gasteiger partial charge >= 0.3 is 6.03 Å². The summed E-state index contributed by atoms with van der Waals surface area (Å²) in [7, 11) is 0. The van der Waals surface area contributed by atoms with E-state index in [9.17, 15) is 9.59 Å². The quantitative estimate of drug-likeness (QED) is 0.897. The van der Waals surface area contributed by atoms with Crippen molar-refractivity contribution in [2.45, 2.75) is 20.8 Å². The van der Waals surface area contributed by atoms with Crippen molar-refractivity contribution >= 4 is 17.6 Å². The highest BCUT2D eigenvalue weighted by Gasteiger charge is 2.23. The molecule has 0 bridgehead atoms. The van der Waals surface area contributed by atoms with E-state index in [1.807, 2.05) is 49.9 Å². The van der Waals surface area contributed by atoms with Crippen LogP contribution in [0.2, 0.25) is 0 Å². The van der Waals surface area contributed by atoms with E-state index in [0.29, 0.717) is 19.6 Å². The molecule has 0 spiro atoms. The fraction of sp³-hybridized carbons (Fsp3) is 0.556. The zero-order chi connectivity index (χ0) is 17.5. The van der Waals surface area contributed by atoms with Gasteiger partial charge in [0.1, 0.15) is 0 Å². The Labute approximate surface area is 144 Å². The molecule has 2 rings (SSSR count). The second-order valence-corrected chi connectivity index (χ2v) is 6.13. The number of likely N-dealkylation sites (N-methyl/N-ethyl adjacent to an activating group) is 1. The minimum Gasteiger partial charge on any atom is -0.342 e. The van der Waals surface area contributed by atoms with Gasteiger partial charge in [-0.25, -0.2) is 4.79 Å². The summed E-state index contributed by atoms with van der Waals surface area (Å²) in [4.78, 5) is 30.3. The summed E-state index contributed by atoms with van der Waals surface area (Å²) < 4.78 is 0. The lowest BCUT2D eigenvalue weighted by Gasteiger charge is -2.35. The fourth-order valence-corrected chi connectivity index (χ4v) is 2.90. The molecule has 1 saturated heterocycles. The summed E-state index contributed by atoms with van der Waals surface area (Å²) in [6.45, 7) is 10.7. The lowest BCUT2D eigenvalue weighted by atomic mass is 10.2. The first kappa shape index (κ1) is 18.3. The van der Waals surface area contributed by atoms with E-state index >= 15 is 0 Å². The summed E-state index contributed by atoms with van der Waals surface area (Å²) >= 11 is 0. The summed E-state index contributed by atoms with van der Waals surface area (Å²) in [5.74, 6) is 0.165. The monoisotopic (exact) mass is 332 g/mol. The molecule has 132 valence electrons. The maximum absolute atomic E-state index is 12.3. The van der Waals surface area contributed by atoms with Crippen LogP contribution >= 0.6 is 0 Å². The van der Waals surface area contributed by atoms with Crippen molar-refractivity contribution in [3.63, 3.8) is 0 Å². The van der Waals surface area contributed by atoms with E-state index in [4.69, 9.17) is 0 Å². The first-order valence-electron chi connectivity index (χ1n) is 8.66. The molecular formula is C18H28N4O2. The predicted molar refractivity (Wildman–Crippen MR) is 96.1 cm³/mol. The molecule has 24 heavy (non-hydrogen) atoms. The lowest BCUT2D eigenvalue weighted by molar-refractivity contribution is -0.132. The number of anilines is 1. The predicted octanol–water partition coefficient (Wildman–Crippen LogP) is 2.01. The van der Waals surface area contributed by atoms with Gasteiger partial charge in [0.05, 0.1) is 6.54 Å². The third-order valence-corrected chi connectivity index (χ3v) is 4.40. The van der Waals surface area contributed by atoms with Crippen LogP contribution in [-0.2, 0) is 4.79 Å². The molecule has 1 aliphatic rings. The Balaban J connectivity index is 1.79. The smallest absolute Gasteiger partial charge is 0.321 e. The summed E-state index contributed by atoms with van der Waals surface area (Å²) in [6, 6.07) is 7.71. The van der Waals surface area contributed by atoms with Gasteiger partial charge in [0.2, 0.25) is 5.91 Å². The Bertz CT molecular complexity index is 564. The van der Waals surface area contributed by atoms with Crippen LogP contribution in [0.25, 0.3) is 0 Å². The topological polar surface area (TPSA) is 55.9 Å². The van der Waals surface area contributed by atoms with Crippen molar-refractivity contribution in [1.29, 1.82) is 0 Å². The summed E-state index contributed by atoms with van der Waals surface area (Å²) in [5, 5.41) is 2.94. The average Bonchev–Trinajstić information content (AvgIpc) is 2.56. The number of carbonyl (C=O) groups is 2. The maximum atomic E-state index is 12.3. The molecule has 1 aromatic rings. The number of nitrogens with zero attached hydrogens (tertiary/aromatic N) is 3. The van der Waals surface area contributed by atoms with Crippen molar-refractivity contribution in [3.05, 3.63) is 29.8 Å². The second kappa shape index (κ2) is 8.68. The zero-order valence-electron chi connectivity index (χ0n) is 14.9. The Morgan fingerprint density at radius 3 is 2.38 bits per heavy atom. The number of carbonyl (C=O) groups excluding carboxylic acids is 2. The number of rotatable bonds is 5. The minimum absolute atomic E-state index is 0.0738. The molecule has 0 aliphatic carbocycles. The Morgan fingerprint density at radius 1 is 1.12 bits per heavy atom. The number of hydrogen-bond donors (Lipinski definition) is 1. The van der Waals surface area contributed by atoms with Gasteiger partial charge in [0.15, 0.2) is 0 Å². The first-order chi connectivity index (χ1) is 11.5. The maximum Gasteiger partial charge on any atom is 0.321 e. The van der Waals surface area contributed by atoms with Crippen LogP contribution in [0.5, 0.6) is 0 Å². The Kier molecular flexibility index (Phi) is 6.61. The van der Waals surface area contributed by atoms with Crippen molar-refractivity contribution in [2.75, 3.05) is 51.1 Å². The number of hydrogen-bond acceptors (Lipinski definition) is 3. The van der Waals surface area contributed by atoms with Gasteiger partial charge in [0, 0.05) is 45.0 Å². The van der Waals surface area contributed by atoms with Crippen molar-refractivity contribution < 1.29 is 9.59 Å². The molecule has 3 amide bonds. The lowest BCUT2D eigenvalue weighted by Crippen LogP contribution is -2.52. The Hall–Kier alpha value is -2.08. The third kappa shape index (κ3) is 4.96. The van der Waals surface area contributed by atoms with Crippen LogP contribution in [0.4, 0.5) is 10.5 Å². The second-order valence-electron chi connectivity index (χ2n) is 6.13. The van der Waals surface area contributed by atoms with E-state index in [1.54, 1.807) is 4.90 Å². The molecule has 1 fully saturated rings. The molecule has 6 heteroatoms. The van der Waals surface area contributed by atoms with Gasteiger partial charge in [-0.1, -0.05) is 12.1 Å². The van der Waals surface area contributed by atoms with Gasteiger partial charge in [-0.05, 0) is 38.5 Å². The third-order valence-electron chi connectivity index (χ3n) is 4.40. The van der Waals surface area contributed by atoms with Gasteiger partial charge in [-0.15, -0.1) is 0 Å². The number of benzene rings is 1. The highest BCUT2D eigenvalue weighted by molar-refractivity contribution is 5.89. The molecule has 0 atom stereocenters. The van der Waals surface area contributed by atoms with Crippen LogP contribution < -0.4 is 5.32 Å². The highest BCUT2D eigenvalue weighted by atomic mass is 16.2. The molecule has 1 heterocycles. The van der Waals surface area contributed by atoms with E-state index in [2.05, 4.69) is 10.2 Å². The van der Waals surface area contributed by atoms with Crippen LogP contribution in [0, 0.1) is 6.92 Å². The highest BCUT2D eigenvalue weighted by Crippen LogP contribution is 2.11. The molecule has 1 N–H and O–H groups in total. The minimum atomic E-state index is -0.0738. The Morgan fingerprint density at radius 2 is 1.79 bits per heavy atom. The molecule has 6 nitrogen and oxygen atoms in total. The van der Waals surface area contributed by atoms with E-state index in [0.717, 1.165) is 37.4 Å². The van der Waals surface area contributed by atoms with Gasteiger partial charge in [-0.2, -0.15) is 0 Å². The molecule has 1 aromatic carbocycles. The number of piperazine rings is 1. The molecule has 1 aliphatic heterocycles. The number of urea groups is 1. The van der Waals surface area contributed by atoms with E-state index in [-0.39, 0.29) is 11.9 Å². The molecular weight excluding hydrogens is 304 g/mol. The van der Waals surface area contributed by atoms with Crippen LogP contribution in [0.1, 0.15) is 19.4 Å². The normalized spacial score (nSPS) is 15.2. The van der Waals surface area contributed by atoms with Crippen LogP contribution in [0.3, 0.4) is 0 Å². The SMILES string of the molecule is CCN(CC)C(=O)CN1CCN(C(=O)Nc2cccc(C)c2)CC1. The molecule has 0 unspecified atom stereocenters. The van der Waals surface area contributed by atoms with Crippen LogP contribution in [-0.4, -0.2) is 72.5 Å². The fourth-order valence-electron chi connectivity index (χ4n) is 2.90. The summed E-state index contributed by atoms with van der Waals surface area (Å²) in [6.07, 6.45) is 0. The van der Waals surface area contributed by atoms with Gasteiger partial charge in [-0.3, -0.25) is 9.69 Å². The zero-order valence-corrected chi connectivity index (χ0v) is 14.9. The van der Waals surface area contributed by atoms with Gasteiger partial charge in [0.25, 0.3) is 0 Å². The van der Waals surface area contributed by atoms with E-state index in [1.165, 1.54) is 0 Å². The number of aryl methyl sites for hydroxylation is 1. The molecule has 0 aromatic heterocycles. The van der Waals surface area contributed by atoms with E-state index < -0.39 is 0 Å².